The third-order valence-electron chi connectivity index (χ3n) is 5.00. The summed E-state index contributed by atoms with van der Waals surface area (Å²) >= 11 is 0. The summed E-state index contributed by atoms with van der Waals surface area (Å²) in [5.74, 6) is -2.11. The number of carbonyl (C=O) groups is 3. The fraction of sp³-hybridized carbons (Fsp3) is 0.240. The number of rotatable bonds is 9. The molecule has 34 heavy (non-hydrogen) atoms. The van der Waals surface area contributed by atoms with Crippen LogP contribution in [0.2, 0.25) is 0 Å². The van der Waals surface area contributed by atoms with Crippen molar-refractivity contribution in [1.82, 2.24) is 9.78 Å². The van der Waals surface area contributed by atoms with Gasteiger partial charge in [0.05, 0.1) is 56.6 Å². The molecule has 1 atom stereocenters. The minimum absolute atomic E-state index is 0.0705. The Hall–Kier alpha value is -4.45. The maximum absolute atomic E-state index is 12.9. The van der Waals surface area contributed by atoms with Crippen molar-refractivity contribution in [3.05, 3.63) is 77.6 Å². The SMILES string of the molecule is COC(=O)Cc1nn(CCC#N)c(C(OC(=O)c2ccccc2)C(=O)OC)c1-c1ccccc1. The van der Waals surface area contributed by atoms with Crippen LogP contribution in [0.15, 0.2) is 60.7 Å². The molecule has 0 aliphatic carbocycles. The number of methoxy groups -OCH3 is 2. The molecule has 1 heterocycles. The molecule has 0 aliphatic heterocycles. The van der Waals surface area contributed by atoms with Crippen LogP contribution in [0.25, 0.3) is 11.1 Å². The molecule has 0 aliphatic rings. The van der Waals surface area contributed by atoms with Gasteiger partial charge >= 0.3 is 17.9 Å². The lowest BCUT2D eigenvalue weighted by molar-refractivity contribution is -0.151. The molecule has 174 valence electrons. The predicted molar refractivity (Wildman–Crippen MR) is 120 cm³/mol. The molecule has 0 amide bonds. The number of ether oxygens (including phenoxy) is 3. The lowest BCUT2D eigenvalue weighted by atomic mass is 9.98. The average Bonchev–Trinajstić information content (AvgIpc) is 3.23. The molecule has 0 N–H and O–H groups in total. The van der Waals surface area contributed by atoms with Crippen LogP contribution in [-0.2, 0) is 36.8 Å². The summed E-state index contributed by atoms with van der Waals surface area (Å²) < 4.78 is 16.8. The summed E-state index contributed by atoms with van der Waals surface area (Å²) in [6, 6.07) is 19.2. The van der Waals surface area contributed by atoms with Crippen molar-refractivity contribution in [3.63, 3.8) is 0 Å². The van der Waals surface area contributed by atoms with Crippen LogP contribution in [0.3, 0.4) is 0 Å². The second-order valence-corrected chi connectivity index (χ2v) is 7.13. The minimum Gasteiger partial charge on any atom is -0.469 e. The van der Waals surface area contributed by atoms with E-state index in [4.69, 9.17) is 19.5 Å². The highest BCUT2D eigenvalue weighted by Gasteiger charge is 2.35. The summed E-state index contributed by atoms with van der Waals surface area (Å²) in [5, 5.41) is 13.6. The van der Waals surface area contributed by atoms with E-state index in [0.717, 1.165) is 0 Å². The first-order valence-corrected chi connectivity index (χ1v) is 10.4. The first kappa shape index (κ1) is 24.2. The highest BCUT2D eigenvalue weighted by molar-refractivity contribution is 5.92. The van der Waals surface area contributed by atoms with Crippen LogP contribution in [-0.4, -0.2) is 41.9 Å². The van der Waals surface area contributed by atoms with E-state index < -0.39 is 24.0 Å². The Morgan fingerprint density at radius 1 is 1.00 bits per heavy atom. The van der Waals surface area contributed by atoms with E-state index in [9.17, 15) is 14.4 Å². The number of nitriles is 1. The third kappa shape index (κ3) is 5.48. The number of aryl methyl sites for hydroxylation is 1. The zero-order valence-corrected chi connectivity index (χ0v) is 18.8. The number of nitrogens with zero attached hydrogens (tertiary/aromatic N) is 3. The van der Waals surface area contributed by atoms with E-state index in [1.165, 1.54) is 18.9 Å². The van der Waals surface area contributed by atoms with Gasteiger partial charge in [-0.1, -0.05) is 48.5 Å². The maximum atomic E-state index is 12.9. The zero-order valence-electron chi connectivity index (χ0n) is 18.8. The Morgan fingerprint density at radius 3 is 2.24 bits per heavy atom. The van der Waals surface area contributed by atoms with Crippen molar-refractivity contribution in [2.45, 2.75) is 25.5 Å². The van der Waals surface area contributed by atoms with Crippen LogP contribution in [0.1, 0.15) is 34.3 Å². The van der Waals surface area contributed by atoms with Gasteiger partial charge < -0.3 is 14.2 Å². The Balaban J connectivity index is 2.21. The maximum Gasteiger partial charge on any atom is 0.353 e. The first-order chi connectivity index (χ1) is 16.5. The van der Waals surface area contributed by atoms with E-state index in [1.807, 2.05) is 12.1 Å². The summed E-state index contributed by atoms with van der Waals surface area (Å²) in [5.41, 5.74) is 1.84. The molecular weight excluding hydrogens is 438 g/mol. The smallest absolute Gasteiger partial charge is 0.353 e. The number of hydrogen-bond acceptors (Lipinski definition) is 8. The van der Waals surface area contributed by atoms with E-state index in [2.05, 4.69) is 5.10 Å². The monoisotopic (exact) mass is 461 g/mol. The van der Waals surface area contributed by atoms with E-state index in [1.54, 1.807) is 54.6 Å². The fourth-order valence-electron chi connectivity index (χ4n) is 3.44. The second kappa shape index (κ2) is 11.4. The van der Waals surface area contributed by atoms with Gasteiger partial charge in [-0.2, -0.15) is 10.4 Å². The number of esters is 3. The van der Waals surface area contributed by atoms with Gasteiger partial charge in [0.15, 0.2) is 0 Å². The number of benzene rings is 2. The van der Waals surface area contributed by atoms with Gasteiger partial charge in [0.1, 0.15) is 0 Å². The highest BCUT2D eigenvalue weighted by atomic mass is 16.6. The van der Waals surface area contributed by atoms with Crippen LogP contribution < -0.4 is 0 Å². The summed E-state index contributed by atoms with van der Waals surface area (Å²) in [6.45, 7) is 0.100. The van der Waals surface area contributed by atoms with Crippen molar-refractivity contribution in [2.75, 3.05) is 14.2 Å². The Labute approximate surface area is 196 Å². The van der Waals surface area contributed by atoms with Crippen molar-refractivity contribution in [1.29, 1.82) is 5.26 Å². The summed E-state index contributed by atoms with van der Waals surface area (Å²) in [4.78, 5) is 37.9. The normalized spacial score (nSPS) is 11.2. The van der Waals surface area contributed by atoms with Gasteiger partial charge in [0.25, 0.3) is 0 Å². The van der Waals surface area contributed by atoms with Crippen LogP contribution in [0, 0.1) is 11.3 Å². The highest BCUT2D eigenvalue weighted by Crippen LogP contribution is 2.35. The van der Waals surface area contributed by atoms with E-state index >= 15 is 0 Å². The molecule has 0 spiro atoms. The minimum atomic E-state index is -1.49. The van der Waals surface area contributed by atoms with Crippen LogP contribution in [0.5, 0.6) is 0 Å². The van der Waals surface area contributed by atoms with Crippen LogP contribution in [0.4, 0.5) is 0 Å². The molecule has 2 aromatic carbocycles. The molecule has 9 nitrogen and oxygen atoms in total. The van der Waals surface area contributed by atoms with Crippen molar-refractivity contribution in [2.24, 2.45) is 0 Å². The molecule has 0 saturated carbocycles. The van der Waals surface area contributed by atoms with E-state index in [0.29, 0.717) is 16.8 Å². The van der Waals surface area contributed by atoms with Gasteiger partial charge in [-0.05, 0) is 17.7 Å². The predicted octanol–water partition coefficient (Wildman–Crippen LogP) is 3.25. The molecule has 1 aromatic heterocycles. The molecule has 3 aromatic rings. The third-order valence-corrected chi connectivity index (χ3v) is 5.00. The lowest BCUT2D eigenvalue weighted by Gasteiger charge is -2.19. The number of hydrogen-bond donors (Lipinski definition) is 0. The molecule has 9 heteroatoms. The number of carbonyl (C=O) groups excluding carboxylic acids is 3. The van der Waals surface area contributed by atoms with Crippen molar-refractivity contribution in [3.8, 4) is 17.2 Å². The quantitative estimate of drug-likeness (QED) is 0.352. The van der Waals surface area contributed by atoms with Gasteiger partial charge in [-0.3, -0.25) is 9.48 Å². The standard InChI is InChI=1S/C25H23N3O6/c1-32-20(29)16-19-21(17-10-5-3-6-11-17)22(28(27-19)15-9-14-26)23(25(31)33-2)34-24(30)18-12-7-4-8-13-18/h3-8,10-13,23H,9,15-16H2,1-2H3. The topological polar surface area (TPSA) is 121 Å². The van der Waals surface area contributed by atoms with Crippen molar-refractivity contribution < 1.29 is 28.6 Å². The molecule has 0 bridgehead atoms. The Kier molecular flexibility index (Phi) is 8.13. The van der Waals surface area contributed by atoms with Gasteiger partial charge in [0, 0.05) is 5.56 Å². The van der Waals surface area contributed by atoms with Crippen LogP contribution >= 0.6 is 0 Å². The largest absolute Gasteiger partial charge is 0.469 e. The second-order valence-electron chi connectivity index (χ2n) is 7.13. The molecule has 0 fully saturated rings. The zero-order chi connectivity index (χ0) is 24.5. The fourth-order valence-corrected chi connectivity index (χ4v) is 3.44. The summed E-state index contributed by atoms with van der Waals surface area (Å²) in [6.07, 6.45) is -1.61. The van der Waals surface area contributed by atoms with Gasteiger partial charge in [-0.25, -0.2) is 9.59 Å². The van der Waals surface area contributed by atoms with E-state index in [-0.39, 0.29) is 30.6 Å². The Morgan fingerprint density at radius 2 is 1.65 bits per heavy atom. The Bertz CT molecular complexity index is 1200. The van der Waals surface area contributed by atoms with Gasteiger partial charge in [-0.15, -0.1) is 0 Å². The molecule has 1 unspecified atom stereocenters. The summed E-state index contributed by atoms with van der Waals surface area (Å²) in [7, 11) is 2.44. The first-order valence-electron chi connectivity index (χ1n) is 10.4. The molecule has 0 saturated heterocycles. The average molecular weight is 461 g/mol. The van der Waals surface area contributed by atoms with Crippen molar-refractivity contribution >= 4 is 17.9 Å². The number of aromatic nitrogens is 2. The molecule has 0 radical (unpaired) electrons. The van der Waals surface area contributed by atoms with Gasteiger partial charge in [0.2, 0.25) is 6.10 Å². The lowest BCUT2D eigenvalue weighted by Crippen LogP contribution is -2.25. The molecular formula is C25H23N3O6. The molecule has 3 rings (SSSR count).